The second kappa shape index (κ2) is 8.01. The zero-order chi connectivity index (χ0) is 18.0. The van der Waals surface area contributed by atoms with Crippen LogP contribution in [0, 0.1) is 0 Å². The monoisotopic (exact) mass is 415 g/mol. The molecule has 1 fully saturated rings. The van der Waals surface area contributed by atoms with Gasteiger partial charge in [0.15, 0.2) is 19.7 Å². The highest BCUT2D eigenvalue weighted by Gasteiger charge is 2.46. The summed E-state index contributed by atoms with van der Waals surface area (Å²) in [7, 11) is -7.12. The van der Waals surface area contributed by atoms with Crippen LogP contribution in [-0.2, 0) is 24.4 Å². The SMILES string of the molecule is CC(C)OCCCN[C@H]1CS(=O)(=O)C[C@@H]1S(=O)(=O)c1ccc(Cl)s1. The Labute approximate surface area is 152 Å². The van der Waals surface area contributed by atoms with E-state index in [0.717, 1.165) is 11.3 Å². The van der Waals surface area contributed by atoms with E-state index in [1.165, 1.54) is 12.1 Å². The summed E-state index contributed by atoms with van der Waals surface area (Å²) in [5.74, 6) is -0.522. The molecule has 24 heavy (non-hydrogen) atoms. The standard InChI is InChI=1S/C14H22ClNO5S3/c1-10(2)21-7-3-6-16-11-8-23(17,18)9-12(11)24(19,20)14-5-4-13(15)22-14/h4-5,10-12,16H,3,6-9H2,1-2H3/t11-,12-/m0/s1. The molecule has 2 atom stereocenters. The van der Waals surface area contributed by atoms with Crippen molar-refractivity contribution in [1.29, 1.82) is 0 Å². The second-order valence-electron chi connectivity index (χ2n) is 6.05. The van der Waals surface area contributed by atoms with Crippen molar-refractivity contribution in [3.8, 4) is 0 Å². The molecule has 0 saturated carbocycles. The third kappa shape index (κ3) is 5.15. The van der Waals surface area contributed by atoms with Crippen LogP contribution in [0.5, 0.6) is 0 Å². The lowest BCUT2D eigenvalue weighted by molar-refractivity contribution is 0.0768. The Kier molecular flexibility index (Phi) is 6.72. The van der Waals surface area contributed by atoms with Crippen molar-refractivity contribution in [3.63, 3.8) is 0 Å². The van der Waals surface area contributed by atoms with Gasteiger partial charge in [0.1, 0.15) is 4.21 Å². The molecule has 1 aromatic rings. The van der Waals surface area contributed by atoms with Gasteiger partial charge in [-0.3, -0.25) is 0 Å². The zero-order valence-electron chi connectivity index (χ0n) is 13.6. The van der Waals surface area contributed by atoms with E-state index in [4.69, 9.17) is 16.3 Å². The minimum absolute atomic E-state index is 0.115. The maximum atomic E-state index is 12.7. The molecule has 6 nitrogen and oxygen atoms in total. The van der Waals surface area contributed by atoms with Gasteiger partial charge in [-0.1, -0.05) is 11.6 Å². The molecular formula is C14H22ClNO5S3. The summed E-state index contributed by atoms with van der Waals surface area (Å²) >= 11 is 6.77. The number of rotatable bonds is 8. The number of hydrogen-bond donors (Lipinski definition) is 1. The van der Waals surface area contributed by atoms with Gasteiger partial charge in [-0.2, -0.15) is 0 Å². The molecule has 1 aromatic heterocycles. The van der Waals surface area contributed by atoms with Gasteiger partial charge in [-0.05, 0) is 38.9 Å². The number of sulfone groups is 2. The van der Waals surface area contributed by atoms with Gasteiger partial charge >= 0.3 is 0 Å². The number of halogens is 1. The second-order valence-corrected chi connectivity index (χ2v) is 12.3. The molecule has 0 aliphatic carbocycles. The van der Waals surface area contributed by atoms with Crippen LogP contribution in [0.4, 0.5) is 0 Å². The molecule has 0 radical (unpaired) electrons. The molecule has 1 saturated heterocycles. The largest absolute Gasteiger partial charge is 0.379 e. The first-order chi connectivity index (χ1) is 11.1. The number of thiophene rings is 1. The molecule has 0 aromatic carbocycles. The summed E-state index contributed by atoms with van der Waals surface area (Å²) in [6, 6.07) is 2.33. The highest BCUT2D eigenvalue weighted by Crippen LogP contribution is 2.32. The lowest BCUT2D eigenvalue weighted by Gasteiger charge is -2.19. The summed E-state index contributed by atoms with van der Waals surface area (Å²) in [5, 5.41) is 2.09. The topological polar surface area (TPSA) is 89.5 Å². The summed E-state index contributed by atoms with van der Waals surface area (Å²) in [5.41, 5.74) is 0. The van der Waals surface area contributed by atoms with E-state index in [-0.39, 0.29) is 21.8 Å². The predicted octanol–water partition coefficient (Wildman–Crippen LogP) is 1.75. The lowest BCUT2D eigenvalue weighted by Crippen LogP contribution is -2.43. The molecule has 0 amide bonds. The number of ether oxygens (including phenoxy) is 1. The third-order valence-electron chi connectivity index (χ3n) is 3.71. The van der Waals surface area contributed by atoms with Crippen LogP contribution >= 0.6 is 22.9 Å². The molecule has 1 aliphatic rings. The van der Waals surface area contributed by atoms with Crippen molar-refractivity contribution in [3.05, 3.63) is 16.5 Å². The molecule has 2 heterocycles. The van der Waals surface area contributed by atoms with Gasteiger partial charge in [-0.25, -0.2) is 16.8 Å². The Morgan fingerprint density at radius 1 is 1.38 bits per heavy atom. The Bertz CT molecular complexity index is 757. The highest BCUT2D eigenvalue weighted by atomic mass is 35.5. The zero-order valence-corrected chi connectivity index (χ0v) is 16.8. The van der Waals surface area contributed by atoms with Gasteiger partial charge < -0.3 is 10.1 Å². The summed E-state index contributed by atoms with van der Waals surface area (Å²) in [4.78, 5) is 0. The van der Waals surface area contributed by atoms with E-state index in [1.54, 1.807) is 0 Å². The number of nitrogens with one attached hydrogen (secondary N) is 1. The van der Waals surface area contributed by atoms with Gasteiger partial charge in [0.05, 0.1) is 27.2 Å². The molecule has 1 N–H and O–H groups in total. The van der Waals surface area contributed by atoms with E-state index in [2.05, 4.69) is 5.32 Å². The smallest absolute Gasteiger partial charge is 0.193 e. The van der Waals surface area contributed by atoms with Crippen molar-refractivity contribution in [2.45, 2.75) is 41.9 Å². The molecule has 0 unspecified atom stereocenters. The molecule has 0 bridgehead atoms. The van der Waals surface area contributed by atoms with Gasteiger partial charge in [0.25, 0.3) is 0 Å². The Balaban J connectivity index is 2.06. The van der Waals surface area contributed by atoms with Gasteiger partial charge in [0, 0.05) is 12.6 Å². The van der Waals surface area contributed by atoms with Crippen LogP contribution in [-0.4, -0.2) is 58.9 Å². The van der Waals surface area contributed by atoms with E-state index < -0.39 is 31.0 Å². The van der Waals surface area contributed by atoms with Crippen LogP contribution in [0.2, 0.25) is 4.34 Å². The first kappa shape index (κ1) is 20.1. The quantitative estimate of drug-likeness (QED) is 0.650. The van der Waals surface area contributed by atoms with E-state index in [9.17, 15) is 16.8 Å². The molecule has 138 valence electrons. The molecule has 0 spiro atoms. The van der Waals surface area contributed by atoms with E-state index in [1.807, 2.05) is 13.8 Å². The fraction of sp³-hybridized carbons (Fsp3) is 0.714. The van der Waals surface area contributed by atoms with Crippen LogP contribution in [0.25, 0.3) is 0 Å². The van der Waals surface area contributed by atoms with Gasteiger partial charge in [0.2, 0.25) is 0 Å². The van der Waals surface area contributed by atoms with Crippen LogP contribution < -0.4 is 5.32 Å². The van der Waals surface area contributed by atoms with Crippen molar-refractivity contribution < 1.29 is 21.6 Å². The fourth-order valence-corrected chi connectivity index (χ4v) is 9.02. The number of hydrogen-bond acceptors (Lipinski definition) is 7. The van der Waals surface area contributed by atoms with Crippen molar-refractivity contribution in [1.82, 2.24) is 5.32 Å². The van der Waals surface area contributed by atoms with E-state index >= 15 is 0 Å². The lowest BCUT2D eigenvalue weighted by atomic mass is 10.2. The fourth-order valence-electron chi connectivity index (χ4n) is 2.59. The first-order valence-electron chi connectivity index (χ1n) is 7.66. The summed E-state index contributed by atoms with van der Waals surface area (Å²) in [6.45, 7) is 4.92. The van der Waals surface area contributed by atoms with Crippen LogP contribution in [0.1, 0.15) is 20.3 Å². The molecular weight excluding hydrogens is 394 g/mol. The maximum absolute atomic E-state index is 12.7. The minimum Gasteiger partial charge on any atom is -0.379 e. The molecule has 2 rings (SSSR count). The van der Waals surface area contributed by atoms with Crippen LogP contribution in [0.15, 0.2) is 16.3 Å². The van der Waals surface area contributed by atoms with E-state index in [0.29, 0.717) is 23.9 Å². The van der Waals surface area contributed by atoms with Crippen molar-refractivity contribution >= 4 is 42.6 Å². The Hall–Kier alpha value is -0.190. The van der Waals surface area contributed by atoms with Crippen molar-refractivity contribution in [2.24, 2.45) is 0 Å². The average Bonchev–Trinajstić information content (AvgIpc) is 3.02. The highest BCUT2D eigenvalue weighted by molar-refractivity contribution is 7.97. The third-order valence-corrected chi connectivity index (χ3v) is 9.61. The first-order valence-corrected chi connectivity index (χ1v) is 12.2. The molecule has 10 heteroatoms. The predicted molar refractivity (Wildman–Crippen MR) is 96.5 cm³/mol. The average molecular weight is 416 g/mol. The van der Waals surface area contributed by atoms with Crippen molar-refractivity contribution in [2.75, 3.05) is 24.7 Å². The minimum atomic E-state index is -3.73. The summed E-state index contributed by atoms with van der Waals surface area (Å²) < 4.78 is 55.3. The van der Waals surface area contributed by atoms with Crippen LogP contribution in [0.3, 0.4) is 0 Å². The Morgan fingerprint density at radius 2 is 2.08 bits per heavy atom. The summed E-state index contributed by atoms with van der Waals surface area (Å²) in [6.07, 6.45) is 0.820. The normalized spacial score (nSPS) is 23.8. The Morgan fingerprint density at radius 3 is 2.67 bits per heavy atom. The maximum Gasteiger partial charge on any atom is 0.193 e. The molecule has 1 aliphatic heterocycles. The van der Waals surface area contributed by atoms with Gasteiger partial charge in [-0.15, -0.1) is 11.3 Å².